The number of aromatic nitrogens is 1. The fraction of sp³-hybridized carbons (Fsp3) is 0.250. The summed E-state index contributed by atoms with van der Waals surface area (Å²) in [4.78, 5) is 43.8. The zero-order valence-electron chi connectivity index (χ0n) is 15.6. The number of aliphatic imine (C=N–C) groups is 1. The summed E-state index contributed by atoms with van der Waals surface area (Å²) in [5, 5.41) is 7.68. The van der Waals surface area contributed by atoms with E-state index in [1.807, 2.05) is 32.0 Å². The zero-order chi connectivity index (χ0) is 20.1. The first-order valence-electron chi connectivity index (χ1n) is 8.79. The van der Waals surface area contributed by atoms with Crippen LogP contribution >= 0.6 is 11.3 Å². The number of nitrogens with one attached hydrogen (secondary N) is 2. The number of rotatable bonds is 6. The molecule has 0 spiro atoms. The van der Waals surface area contributed by atoms with Crippen molar-refractivity contribution in [1.82, 2.24) is 4.98 Å². The molecule has 1 aromatic carbocycles. The molecule has 1 unspecified atom stereocenters. The Balaban J connectivity index is 1.50. The molecule has 1 aliphatic rings. The minimum absolute atomic E-state index is 0.0994. The van der Waals surface area contributed by atoms with E-state index in [0.29, 0.717) is 17.2 Å². The monoisotopic (exact) mass is 396 g/mol. The minimum Gasteiger partial charge on any atom is -0.326 e. The standard InChI is InChI=1S/C20H20N4O3S/c1-12-5-6-14(10-13(12)2)22-17(25)8-7-15-11-28-20(23-15)24-19(27)16-4-3-9-21-18(16)26/h3-6,9-11,16H,7-8H2,1-2H3,(H,22,25)(H,23,24,27). The van der Waals surface area contributed by atoms with E-state index < -0.39 is 17.7 Å². The molecule has 28 heavy (non-hydrogen) atoms. The van der Waals surface area contributed by atoms with Gasteiger partial charge in [0.2, 0.25) is 11.8 Å². The maximum atomic E-state index is 12.2. The number of hydrogen-bond donors (Lipinski definition) is 2. The van der Waals surface area contributed by atoms with Crippen molar-refractivity contribution in [3.63, 3.8) is 0 Å². The van der Waals surface area contributed by atoms with Crippen LogP contribution in [0.2, 0.25) is 0 Å². The quantitative estimate of drug-likeness (QED) is 0.733. The smallest absolute Gasteiger partial charge is 0.262 e. The van der Waals surface area contributed by atoms with Gasteiger partial charge in [0.1, 0.15) is 5.92 Å². The van der Waals surface area contributed by atoms with Crippen LogP contribution in [-0.2, 0) is 20.8 Å². The zero-order valence-corrected chi connectivity index (χ0v) is 16.4. The number of hydrogen-bond acceptors (Lipinski definition) is 5. The Hall–Kier alpha value is -3.13. The van der Waals surface area contributed by atoms with Crippen LogP contribution in [0.15, 0.2) is 40.7 Å². The van der Waals surface area contributed by atoms with Crippen LogP contribution in [0.5, 0.6) is 0 Å². The van der Waals surface area contributed by atoms with Gasteiger partial charge in [0.15, 0.2) is 5.13 Å². The largest absolute Gasteiger partial charge is 0.326 e. The molecule has 1 atom stereocenters. The number of nitrogens with zero attached hydrogens (tertiary/aromatic N) is 2. The number of amides is 3. The molecule has 144 valence electrons. The number of anilines is 2. The van der Waals surface area contributed by atoms with E-state index in [1.165, 1.54) is 29.2 Å². The molecule has 2 N–H and O–H groups in total. The fourth-order valence-electron chi connectivity index (χ4n) is 2.59. The minimum atomic E-state index is -0.930. The van der Waals surface area contributed by atoms with Crippen molar-refractivity contribution >= 4 is 46.1 Å². The van der Waals surface area contributed by atoms with E-state index in [1.54, 1.807) is 11.5 Å². The summed E-state index contributed by atoms with van der Waals surface area (Å²) in [5.41, 5.74) is 3.77. The molecule has 3 rings (SSSR count). The first-order valence-corrected chi connectivity index (χ1v) is 9.67. The van der Waals surface area contributed by atoms with E-state index in [9.17, 15) is 14.4 Å². The summed E-state index contributed by atoms with van der Waals surface area (Å²) >= 11 is 1.25. The molecule has 3 amide bonds. The maximum Gasteiger partial charge on any atom is 0.262 e. The van der Waals surface area contributed by atoms with Gasteiger partial charge in [-0.3, -0.25) is 14.4 Å². The molecule has 0 bridgehead atoms. The van der Waals surface area contributed by atoms with Crippen molar-refractivity contribution in [2.24, 2.45) is 10.9 Å². The average Bonchev–Trinajstić information content (AvgIpc) is 3.11. The topological polar surface area (TPSA) is 101 Å². The summed E-state index contributed by atoms with van der Waals surface area (Å²) in [6.45, 7) is 4.02. The SMILES string of the molecule is Cc1ccc(NC(=O)CCc2csc(NC(=O)C3C=CC=NC3=O)n2)cc1C. The second-order valence-corrected chi connectivity index (χ2v) is 7.32. The molecule has 2 aromatic rings. The maximum absolute atomic E-state index is 12.2. The summed E-state index contributed by atoms with van der Waals surface area (Å²) in [6.07, 6.45) is 5.15. The number of allylic oxidation sites excluding steroid dienone is 1. The van der Waals surface area contributed by atoms with Crippen molar-refractivity contribution in [3.05, 3.63) is 52.6 Å². The molecule has 0 fully saturated rings. The first kappa shape index (κ1) is 19.6. The third-order valence-electron chi connectivity index (χ3n) is 4.32. The van der Waals surface area contributed by atoms with Crippen LogP contribution in [0.25, 0.3) is 0 Å². The van der Waals surface area contributed by atoms with Crippen molar-refractivity contribution in [3.8, 4) is 0 Å². The molecule has 0 radical (unpaired) electrons. The van der Waals surface area contributed by atoms with Gasteiger partial charge in [-0.05, 0) is 49.6 Å². The highest BCUT2D eigenvalue weighted by atomic mass is 32.1. The normalized spacial score (nSPS) is 15.5. The molecule has 1 aromatic heterocycles. The van der Waals surface area contributed by atoms with Gasteiger partial charge < -0.3 is 10.6 Å². The number of carbonyl (C=O) groups is 3. The van der Waals surface area contributed by atoms with Gasteiger partial charge in [-0.15, -0.1) is 11.3 Å². The second-order valence-electron chi connectivity index (χ2n) is 6.46. The lowest BCUT2D eigenvalue weighted by Gasteiger charge is -2.09. The Morgan fingerprint density at radius 1 is 1.18 bits per heavy atom. The lowest BCUT2D eigenvalue weighted by molar-refractivity contribution is -0.128. The molecule has 2 heterocycles. The number of carbonyl (C=O) groups excluding carboxylic acids is 3. The van der Waals surface area contributed by atoms with Crippen molar-refractivity contribution in [1.29, 1.82) is 0 Å². The van der Waals surface area contributed by atoms with Gasteiger partial charge in [0, 0.05) is 23.7 Å². The summed E-state index contributed by atoms with van der Waals surface area (Å²) in [7, 11) is 0. The van der Waals surface area contributed by atoms with Gasteiger partial charge in [0.05, 0.1) is 5.69 Å². The van der Waals surface area contributed by atoms with Crippen LogP contribution in [0.3, 0.4) is 0 Å². The van der Waals surface area contributed by atoms with Crippen molar-refractivity contribution in [2.45, 2.75) is 26.7 Å². The van der Waals surface area contributed by atoms with Crippen LogP contribution in [-0.4, -0.2) is 28.9 Å². The lowest BCUT2D eigenvalue weighted by Crippen LogP contribution is -2.28. The fourth-order valence-corrected chi connectivity index (χ4v) is 3.33. The van der Waals surface area contributed by atoms with E-state index in [2.05, 4.69) is 20.6 Å². The van der Waals surface area contributed by atoms with Gasteiger partial charge >= 0.3 is 0 Å². The highest BCUT2D eigenvalue weighted by Gasteiger charge is 2.25. The van der Waals surface area contributed by atoms with Crippen LogP contribution in [0, 0.1) is 19.8 Å². The molecular formula is C20H20N4O3S. The molecule has 1 aliphatic heterocycles. The van der Waals surface area contributed by atoms with Gasteiger partial charge in [-0.2, -0.15) is 0 Å². The Morgan fingerprint density at radius 3 is 2.75 bits per heavy atom. The Bertz CT molecular complexity index is 978. The lowest BCUT2D eigenvalue weighted by atomic mass is 10.1. The van der Waals surface area contributed by atoms with E-state index in [4.69, 9.17) is 0 Å². The average molecular weight is 396 g/mol. The van der Waals surface area contributed by atoms with Crippen LogP contribution in [0.4, 0.5) is 10.8 Å². The number of aryl methyl sites for hydroxylation is 3. The van der Waals surface area contributed by atoms with E-state index >= 15 is 0 Å². The predicted octanol–water partition coefficient (Wildman–Crippen LogP) is 3.05. The van der Waals surface area contributed by atoms with Gasteiger partial charge in [-0.1, -0.05) is 12.1 Å². The molecule has 0 saturated carbocycles. The Morgan fingerprint density at radius 2 is 2.00 bits per heavy atom. The number of dihydropyridines is 1. The van der Waals surface area contributed by atoms with E-state index in [-0.39, 0.29) is 12.3 Å². The molecule has 7 nitrogen and oxygen atoms in total. The summed E-state index contributed by atoms with van der Waals surface area (Å²) in [6, 6.07) is 5.79. The first-order chi connectivity index (χ1) is 13.4. The van der Waals surface area contributed by atoms with Gasteiger partial charge in [0.25, 0.3) is 5.91 Å². The molecule has 8 heteroatoms. The Labute approximate surface area is 166 Å². The van der Waals surface area contributed by atoms with Crippen LogP contribution in [0.1, 0.15) is 23.2 Å². The number of thiazole rings is 1. The highest BCUT2D eigenvalue weighted by molar-refractivity contribution is 7.13. The molecule has 0 aliphatic carbocycles. The van der Waals surface area contributed by atoms with Crippen molar-refractivity contribution < 1.29 is 14.4 Å². The van der Waals surface area contributed by atoms with Crippen LogP contribution < -0.4 is 10.6 Å². The number of benzene rings is 1. The predicted molar refractivity (Wildman–Crippen MR) is 110 cm³/mol. The summed E-state index contributed by atoms with van der Waals surface area (Å²) < 4.78 is 0. The Kier molecular flexibility index (Phi) is 6.10. The van der Waals surface area contributed by atoms with E-state index in [0.717, 1.165) is 11.3 Å². The second kappa shape index (κ2) is 8.71. The van der Waals surface area contributed by atoms with Gasteiger partial charge in [-0.25, -0.2) is 9.98 Å². The third-order valence-corrected chi connectivity index (χ3v) is 5.13. The molecule has 0 saturated heterocycles. The van der Waals surface area contributed by atoms with Crippen molar-refractivity contribution in [2.75, 3.05) is 10.6 Å². The molecular weight excluding hydrogens is 376 g/mol. The summed E-state index contributed by atoms with van der Waals surface area (Å²) in [5.74, 6) is -2.00. The highest BCUT2D eigenvalue weighted by Crippen LogP contribution is 2.19. The third kappa shape index (κ3) is 4.98.